The Labute approximate surface area is 80.9 Å². The molecule has 0 aromatic heterocycles. The van der Waals surface area contributed by atoms with E-state index in [4.69, 9.17) is 5.11 Å². The van der Waals surface area contributed by atoms with Crippen LogP contribution in [0, 0.1) is 11.8 Å². The molecule has 3 nitrogen and oxygen atoms in total. The molecule has 4 heteroatoms. The molecule has 1 amide bonds. The number of carbonyl (C=O) groups is 1. The average molecular weight is 236 g/mol. The van der Waals surface area contributed by atoms with Crippen molar-refractivity contribution in [2.75, 3.05) is 18.4 Å². The summed E-state index contributed by atoms with van der Waals surface area (Å²) < 4.78 is 0. The summed E-state index contributed by atoms with van der Waals surface area (Å²) in [5.41, 5.74) is 0. The van der Waals surface area contributed by atoms with Gasteiger partial charge in [-0.3, -0.25) is 0 Å². The first kappa shape index (κ1) is 9.84. The minimum absolute atomic E-state index is 0.481. The fraction of sp³-hybridized carbons (Fsp3) is 0.875. The number of hydrogen-bond donors (Lipinski definition) is 1. The molecule has 0 saturated carbocycles. The van der Waals surface area contributed by atoms with Gasteiger partial charge < -0.3 is 10.0 Å². The topological polar surface area (TPSA) is 40.5 Å². The van der Waals surface area contributed by atoms with Crippen LogP contribution in [0.4, 0.5) is 4.79 Å². The fourth-order valence-electron chi connectivity index (χ4n) is 1.52. The molecule has 0 aromatic carbocycles. The highest BCUT2D eigenvalue weighted by molar-refractivity contribution is 9.09. The van der Waals surface area contributed by atoms with E-state index >= 15 is 0 Å². The molecule has 0 aromatic rings. The molecule has 12 heavy (non-hydrogen) atoms. The van der Waals surface area contributed by atoms with E-state index in [0.717, 1.165) is 11.8 Å². The summed E-state index contributed by atoms with van der Waals surface area (Å²) in [4.78, 5) is 12.1. The zero-order chi connectivity index (χ0) is 9.14. The predicted molar refractivity (Wildman–Crippen MR) is 50.7 cm³/mol. The highest BCUT2D eigenvalue weighted by Crippen LogP contribution is 2.24. The fourth-order valence-corrected chi connectivity index (χ4v) is 2.37. The van der Waals surface area contributed by atoms with Gasteiger partial charge in [0.2, 0.25) is 0 Å². The van der Waals surface area contributed by atoms with Crippen LogP contribution in [-0.4, -0.2) is 34.5 Å². The van der Waals surface area contributed by atoms with Gasteiger partial charge in [0.1, 0.15) is 0 Å². The molecule has 1 N–H and O–H groups in total. The van der Waals surface area contributed by atoms with Crippen LogP contribution in [0.1, 0.15) is 13.3 Å². The van der Waals surface area contributed by atoms with Crippen LogP contribution in [-0.2, 0) is 0 Å². The van der Waals surface area contributed by atoms with E-state index in [-0.39, 0.29) is 0 Å². The molecule has 0 aliphatic carbocycles. The van der Waals surface area contributed by atoms with E-state index in [0.29, 0.717) is 24.9 Å². The normalized spacial score (nSPS) is 30.3. The Hall–Kier alpha value is -0.250. The monoisotopic (exact) mass is 235 g/mol. The number of rotatable bonds is 1. The van der Waals surface area contributed by atoms with Crippen molar-refractivity contribution in [1.82, 2.24) is 4.90 Å². The smallest absolute Gasteiger partial charge is 0.407 e. The molecule has 2 unspecified atom stereocenters. The van der Waals surface area contributed by atoms with Crippen molar-refractivity contribution in [3.8, 4) is 0 Å². The maximum atomic E-state index is 10.6. The first-order valence-electron chi connectivity index (χ1n) is 4.19. The van der Waals surface area contributed by atoms with E-state index in [2.05, 4.69) is 22.9 Å². The molecule has 1 fully saturated rings. The van der Waals surface area contributed by atoms with Crippen LogP contribution in [0.25, 0.3) is 0 Å². The van der Waals surface area contributed by atoms with Crippen molar-refractivity contribution in [1.29, 1.82) is 0 Å². The molecular weight excluding hydrogens is 222 g/mol. The second-order valence-electron chi connectivity index (χ2n) is 3.41. The van der Waals surface area contributed by atoms with Gasteiger partial charge in [0.25, 0.3) is 0 Å². The third-order valence-electron chi connectivity index (χ3n) is 2.58. The third-order valence-corrected chi connectivity index (χ3v) is 3.41. The molecule has 0 radical (unpaired) electrons. The molecule has 1 rings (SSSR count). The number of halogens is 1. The zero-order valence-corrected chi connectivity index (χ0v) is 8.75. The van der Waals surface area contributed by atoms with Crippen molar-refractivity contribution in [3.63, 3.8) is 0 Å². The minimum Gasteiger partial charge on any atom is -0.465 e. The standard InChI is InChI=1S/C8H14BrNO2/c1-6-2-3-10(8(11)12)5-7(6)4-9/h6-7H,2-5H2,1H3,(H,11,12). The van der Waals surface area contributed by atoms with Crippen molar-refractivity contribution in [2.45, 2.75) is 13.3 Å². The Morgan fingerprint density at radius 1 is 1.75 bits per heavy atom. The van der Waals surface area contributed by atoms with Crippen LogP contribution in [0.2, 0.25) is 0 Å². The Bertz CT molecular complexity index is 174. The average Bonchev–Trinajstić information content (AvgIpc) is 2.05. The predicted octanol–water partition coefficient (Wildman–Crippen LogP) is 2.02. The summed E-state index contributed by atoms with van der Waals surface area (Å²) in [6.07, 6.45) is 0.204. The van der Waals surface area contributed by atoms with Gasteiger partial charge in [-0.1, -0.05) is 22.9 Å². The molecule has 70 valence electrons. The van der Waals surface area contributed by atoms with Gasteiger partial charge in [-0.2, -0.15) is 0 Å². The molecule has 1 saturated heterocycles. The lowest BCUT2D eigenvalue weighted by molar-refractivity contribution is 0.107. The van der Waals surface area contributed by atoms with Gasteiger partial charge in [-0.05, 0) is 18.3 Å². The van der Waals surface area contributed by atoms with Gasteiger partial charge in [0, 0.05) is 18.4 Å². The summed E-state index contributed by atoms with van der Waals surface area (Å²) in [6.45, 7) is 3.56. The number of carboxylic acid groups (broad SMARTS) is 1. The highest BCUT2D eigenvalue weighted by Gasteiger charge is 2.27. The molecule has 0 bridgehead atoms. The van der Waals surface area contributed by atoms with Crippen LogP contribution in [0.3, 0.4) is 0 Å². The largest absolute Gasteiger partial charge is 0.465 e. The summed E-state index contributed by atoms with van der Waals surface area (Å²) in [5, 5.41) is 9.65. The van der Waals surface area contributed by atoms with Crippen molar-refractivity contribution in [3.05, 3.63) is 0 Å². The van der Waals surface area contributed by atoms with Gasteiger partial charge >= 0.3 is 6.09 Å². The zero-order valence-electron chi connectivity index (χ0n) is 7.16. The lowest BCUT2D eigenvalue weighted by atomic mass is 9.89. The number of likely N-dealkylation sites (tertiary alicyclic amines) is 1. The molecule has 1 aliphatic rings. The van der Waals surface area contributed by atoms with E-state index in [9.17, 15) is 4.79 Å². The van der Waals surface area contributed by atoms with Crippen LogP contribution >= 0.6 is 15.9 Å². The number of nitrogens with zero attached hydrogens (tertiary/aromatic N) is 1. The van der Waals surface area contributed by atoms with Crippen molar-refractivity contribution in [2.24, 2.45) is 11.8 Å². The van der Waals surface area contributed by atoms with Crippen molar-refractivity contribution >= 4 is 22.0 Å². The molecule has 2 atom stereocenters. The Balaban J connectivity index is 2.49. The maximum absolute atomic E-state index is 10.6. The van der Waals surface area contributed by atoms with E-state index in [1.807, 2.05) is 0 Å². The summed E-state index contributed by atoms with van der Waals surface area (Å²) >= 11 is 3.41. The number of piperidine rings is 1. The van der Waals surface area contributed by atoms with Crippen LogP contribution in [0.15, 0.2) is 0 Å². The second-order valence-corrected chi connectivity index (χ2v) is 4.06. The number of hydrogen-bond acceptors (Lipinski definition) is 1. The van der Waals surface area contributed by atoms with Gasteiger partial charge in [0.15, 0.2) is 0 Å². The first-order chi connectivity index (χ1) is 5.65. The van der Waals surface area contributed by atoms with Crippen molar-refractivity contribution < 1.29 is 9.90 Å². The second kappa shape index (κ2) is 4.12. The number of alkyl halides is 1. The SMILES string of the molecule is CC1CCN(C(=O)O)CC1CBr. The third kappa shape index (κ3) is 2.12. The van der Waals surface area contributed by atoms with E-state index in [1.54, 1.807) is 0 Å². The number of amides is 1. The summed E-state index contributed by atoms with van der Waals surface area (Å²) in [5.74, 6) is 1.12. The Kier molecular flexibility index (Phi) is 3.38. The minimum atomic E-state index is -0.784. The Morgan fingerprint density at radius 2 is 2.42 bits per heavy atom. The van der Waals surface area contributed by atoms with E-state index < -0.39 is 6.09 Å². The quantitative estimate of drug-likeness (QED) is 0.707. The lowest BCUT2D eigenvalue weighted by Gasteiger charge is -2.34. The van der Waals surface area contributed by atoms with Gasteiger partial charge in [-0.15, -0.1) is 0 Å². The van der Waals surface area contributed by atoms with E-state index in [1.165, 1.54) is 4.90 Å². The summed E-state index contributed by atoms with van der Waals surface area (Å²) in [7, 11) is 0. The molecular formula is C8H14BrNO2. The molecule has 0 spiro atoms. The van der Waals surface area contributed by atoms with Crippen LogP contribution < -0.4 is 0 Å². The molecule has 1 heterocycles. The van der Waals surface area contributed by atoms with Gasteiger partial charge in [-0.25, -0.2) is 4.79 Å². The maximum Gasteiger partial charge on any atom is 0.407 e. The van der Waals surface area contributed by atoms with Crippen LogP contribution in [0.5, 0.6) is 0 Å². The first-order valence-corrected chi connectivity index (χ1v) is 5.31. The highest BCUT2D eigenvalue weighted by atomic mass is 79.9. The van der Waals surface area contributed by atoms with Gasteiger partial charge in [0.05, 0.1) is 0 Å². The Morgan fingerprint density at radius 3 is 2.92 bits per heavy atom. The molecule has 1 aliphatic heterocycles. The lowest BCUT2D eigenvalue weighted by Crippen LogP contribution is -2.42. The summed E-state index contributed by atoms with van der Waals surface area (Å²) in [6, 6.07) is 0.